The lowest BCUT2D eigenvalue weighted by atomic mass is 10.2. The van der Waals surface area contributed by atoms with Crippen molar-refractivity contribution in [1.29, 1.82) is 0 Å². The van der Waals surface area contributed by atoms with Crippen LogP contribution in [0.2, 0.25) is 5.02 Å². The van der Waals surface area contributed by atoms with E-state index in [-0.39, 0.29) is 10.6 Å². The topological polar surface area (TPSA) is 0 Å². The molecule has 0 aliphatic heterocycles. The lowest BCUT2D eigenvalue weighted by Crippen LogP contribution is -1.88. The van der Waals surface area contributed by atoms with E-state index in [4.69, 9.17) is 11.6 Å². The summed E-state index contributed by atoms with van der Waals surface area (Å²) in [6.07, 6.45) is 0. The molecule has 11 heavy (non-hydrogen) atoms. The van der Waals surface area contributed by atoms with Crippen LogP contribution in [-0.4, -0.2) is 0 Å². The molecule has 4 heteroatoms. The number of hydrogen-bond acceptors (Lipinski definition) is 0. The molecule has 60 valence electrons. The van der Waals surface area contributed by atoms with Crippen molar-refractivity contribution >= 4 is 11.6 Å². The van der Waals surface area contributed by atoms with Gasteiger partial charge in [-0.25, -0.2) is 13.2 Å². The molecule has 1 aromatic carbocycles. The Labute approximate surface area is 66.6 Å². The van der Waals surface area contributed by atoms with Gasteiger partial charge in [0.2, 0.25) is 0 Å². The van der Waals surface area contributed by atoms with Crippen LogP contribution in [0, 0.1) is 11.6 Å². The molecule has 0 saturated heterocycles. The van der Waals surface area contributed by atoms with E-state index in [1.54, 1.807) is 0 Å². The van der Waals surface area contributed by atoms with Crippen molar-refractivity contribution in [3.63, 3.8) is 0 Å². The van der Waals surface area contributed by atoms with Crippen LogP contribution in [-0.2, 0) is 6.67 Å². The largest absolute Gasteiger partial charge is 0.246 e. The maximum Gasteiger partial charge on any atom is 0.160 e. The Balaban J connectivity index is 3.21. The molecule has 0 saturated carbocycles. The van der Waals surface area contributed by atoms with Crippen molar-refractivity contribution in [3.8, 4) is 0 Å². The van der Waals surface area contributed by atoms with E-state index in [1.165, 1.54) is 0 Å². The van der Waals surface area contributed by atoms with Crippen LogP contribution in [0.25, 0.3) is 0 Å². The Morgan fingerprint density at radius 1 is 1.18 bits per heavy atom. The Hall–Kier alpha value is -0.700. The van der Waals surface area contributed by atoms with Gasteiger partial charge in [-0.3, -0.25) is 0 Å². The number of rotatable bonds is 1. The first-order chi connectivity index (χ1) is 5.15. The van der Waals surface area contributed by atoms with Crippen molar-refractivity contribution in [2.24, 2.45) is 0 Å². The molecule has 0 aliphatic rings. The second-order valence-electron chi connectivity index (χ2n) is 1.99. The van der Waals surface area contributed by atoms with Crippen LogP contribution in [0.1, 0.15) is 5.56 Å². The van der Waals surface area contributed by atoms with Gasteiger partial charge in [-0.05, 0) is 12.1 Å². The van der Waals surface area contributed by atoms with Gasteiger partial charge in [0.05, 0.1) is 0 Å². The first-order valence-electron chi connectivity index (χ1n) is 2.84. The normalized spacial score (nSPS) is 10.2. The van der Waals surface area contributed by atoms with Gasteiger partial charge in [-0.15, -0.1) is 0 Å². The van der Waals surface area contributed by atoms with Gasteiger partial charge in [0.15, 0.2) is 11.6 Å². The summed E-state index contributed by atoms with van der Waals surface area (Å²) in [5.74, 6) is -2.14. The van der Waals surface area contributed by atoms with E-state index in [9.17, 15) is 13.2 Å². The number of halogens is 4. The number of hydrogen-bond donors (Lipinski definition) is 0. The summed E-state index contributed by atoms with van der Waals surface area (Å²) in [7, 11) is 0. The van der Waals surface area contributed by atoms with Crippen molar-refractivity contribution in [1.82, 2.24) is 0 Å². The monoisotopic (exact) mass is 180 g/mol. The SMILES string of the molecule is FCc1cc(F)c(F)cc1Cl. The van der Waals surface area contributed by atoms with Gasteiger partial charge >= 0.3 is 0 Å². The minimum Gasteiger partial charge on any atom is -0.246 e. The van der Waals surface area contributed by atoms with Gasteiger partial charge in [-0.1, -0.05) is 11.6 Å². The number of alkyl halides is 1. The number of benzene rings is 1. The molecule has 0 heterocycles. The summed E-state index contributed by atoms with van der Waals surface area (Å²) in [5.41, 5.74) is -0.0365. The van der Waals surface area contributed by atoms with Gasteiger partial charge in [0.25, 0.3) is 0 Å². The molecule has 0 radical (unpaired) electrons. The second-order valence-corrected chi connectivity index (χ2v) is 2.40. The highest BCUT2D eigenvalue weighted by Gasteiger charge is 2.07. The molecular formula is C7H4ClF3. The highest BCUT2D eigenvalue weighted by molar-refractivity contribution is 6.31. The van der Waals surface area contributed by atoms with E-state index in [2.05, 4.69) is 0 Å². The molecule has 0 amide bonds. The van der Waals surface area contributed by atoms with Crippen molar-refractivity contribution in [2.75, 3.05) is 0 Å². The van der Waals surface area contributed by atoms with E-state index in [1.807, 2.05) is 0 Å². The Kier molecular flexibility index (Phi) is 2.39. The average Bonchev–Trinajstić information content (AvgIpc) is 1.97. The van der Waals surface area contributed by atoms with Crippen LogP contribution in [0.3, 0.4) is 0 Å². The molecule has 0 fully saturated rings. The molecule has 1 aromatic rings. The molecular weight excluding hydrogens is 177 g/mol. The first kappa shape index (κ1) is 8.40. The summed E-state index contributed by atoms with van der Waals surface area (Å²) in [6, 6.07) is 1.50. The fourth-order valence-corrected chi connectivity index (χ4v) is 0.867. The first-order valence-corrected chi connectivity index (χ1v) is 3.22. The fraction of sp³-hybridized carbons (Fsp3) is 0.143. The van der Waals surface area contributed by atoms with Crippen LogP contribution in [0.15, 0.2) is 12.1 Å². The third kappa shape index (κ3) is 1.66. The summed E-state index contributed by atoms with van der Waals surface area (Å²) < 4.78 is 36.6. The average molecular weight is 181 g/mol. The van der Waals surface area contributed by atoms with E-state index < -0.39 is 18.3 Å². The summed E-state index contributed by atoms with van der Waals surface area (Å²) >= 11 is 5.35. The zero-order valence-electron chi connectivity index (χ0n) is 5.37. The molecule has 0 nitrogen and oxygen atoms in total. The zero-order valence-corrected chi connectivity index (χ0v) is 6.13. The van der Waals surface area contributed by atoms with Crippen molar-refractivity contribution in [3.05, 3.63) is 34.4 Å². The highest BCUT2D eigenvalue weighted by atomic mass is 35.5. The molecule has 0 atom stereocenters. The lowest BCUT2D eigenvalue weighted by molar-refractivity contribution is 0.472. The maximum atomic E-state index is 12.3. The minimum atomic E-state index is -1.08. The molecule has 0 aliphatic carbocycles. The Morgan fingerprint density at radius 3 is 2.27 bits per heavy atom. The van der Waals surface area contributed by atoms with Crippen molar-refractivity contribution in [2.45, 2.75) is 6.67 Å². The molecule has 0 N–H and O–H groups in total. The van der Waals surface area contributed by atoms with E-state index in [0.717, 1.165) is 12.1 Å². The van der Waals surface area contributed by atoms with Crippen LogP contribution in [0.4, 0.5) is 13.2 Å². The van der Waals surface area contributed by atoms with E-state index in [0.29, 0.717) is 0 Å². The highest BCUT2D eigenvalue weighted by Crippen LogP contribution is 2.20. The minimum absolute atomic E-state index is 0.0365. The smallest absolute Gasteiger partial charge is 0.160 e. The molecule has 1 rings (SSSR count). The second kappa shape index (κ2) is 3.13. The van der Waals surface area contributed by atoms with Gasteiger partial charge in [0.1, 0.15) is 6.67 Å². The predicted molar refractivity (Wildman–Crippen MR) is 36.2 cm³/mol. The molecule has 0 bridgehead atoms. The molecule has 0 spiro atoms. The van der Waals surface area contributed by atoms with Gasteiger partial charge in [-0.2, -0.15) is 0 Å². The fourth-order valence-electron chi connectivity index (χ4n) is 0.666. The summed E-state index contributed by atoms with van der Waals surface area (Å²) in [5, 5.41) is -0.0913. The third-order valence-electron chi connectivity index (χ3n) is 1.23. The van der Waals surface area contributed by atoms with Crippen LogP contribution in [0.5, 0.6) is 0 Å². The standard InChI is InChI=1S/C7H4ClF3/c8-5-2-7(11)6(10)1-4(5)3-9/h1-2H,3H2. The molecule has 0 unspecified atom stereocenters. The Bertz CT molecular complexity index is 273. The predicted octanol–water partition coefficient (Wildman–Crippen LogP) is 3.09. The third-order valence-corrected chi connectivity index (χ3v) is 1.59. The zero-order chi connectivity index (χ0) is 8.43. The van der Waals surface area contributed by atoms with Crippen molar-refractivity contribution < 1.29 is 13.2 Å². The molecule has 0 aromatic heterocycles. The van der Waals surface area contributed by atoms with Gasteiger partial charge < -0.3 is 0 Å². The van der Waals surface area contributed by atoms with E-state index >= 15 is 0 Å². The van der Waals surface area contributed by atoms with Crippen LogP contribution >= 0.6 is 11.6 Å². The maximum absolute atomic E-state index is 12.3. The Morgan fingerprint density at radius 2 is 1.73 bits per heavy atom. The quantitative estimate of drug-likeness (QED) is 0.583. The van der Waals surface area contributed by atoms with Crippen LogP contribution < -0.4 is 0 Å². The lowest BCUT2D eigenvalue weighted by Gasteiger charge is -1.98. The summed E-state index contributed by atoms with van der Waals surface area (Å²) in [6.45, 7) is -0.893. The van der Waals surface area contributed by atoms with Gasteiger partial charge in [0, 0.05) is 10.6 Å². The summed E-state index contributed by atoms with van der Waals surface area (Å²) in [4.78, 5) is 0.